The minimum absolute atomic E-state index is 0.0206. The molecule has 1 aromatic carbocycles. The van der Waals surface area contributed by atoms with E-state index in [1.165, 1.54) is 24.3 Å². The average molecular weight is 368 g/mol. The molecular weight excluding hydrogens is 357 g/mol. The lowest BCUT2D eigenvalue weighted by Crippen LogP contribution is -2.38. The molecule has 0 fully saturated rings. The second-order valence-corrected chi connectivity index (χ2v) is 5.04. The molecule has 0 aliphatic rings. The summed E-state index contributed by atoms with van der Waals surface area (Å²) in [6.45, 7) is -3.14. The van der Waals surface area contributed by atoms with Gasteiger partial charge < -0.3 is 10.1 Å². The predicted molar refractivity (Wildman–Crippen MR) is 77.3 cm³/mol. The van der Waals surface area contributed by atoms with Gasteiger partial charge in [0, 0.05) is 12.5 Å². The average Bonchev–Trinajstić information content (AvgIpc) is 2.47. The van der Waals surface area contributed by atoms with Gasteiger partial charge in [0.15, 0.2) is 0 Å². The molecule has 1 unspecified atom stereocenters. The molecule has 1 N–H and O–H groups in total. The van der Waals surface area contributed by atoms with Gasteiger partial charge in [-0.15, -0.1) is 0 Å². The van der Waals surface area contributed by atoms with Crippen molar-refractivity contribution in [2.45, 2.75) is 25.3 Å². The summed E-state index contributed by atoms with van der Waals surface area (Å²) in [4.78, 5) is 7.22. The van der Waals surface area contributed by atoms with Crippen molar-refractivity contribution in [1.29, 1.82) is 0 Å². The number of nitrogens with zero attached hydrogens (tertiary/aromatic N) is 2. The second kappa shape index (κ2) is 7.61. The van der Waals surface area contributed by atoms with Crippen LogP contribution in [0, 0.1) is 0 Å². The van der Waals surface area contributed by atoms with Crippen LogP contribution in [0.4, 0.5) is 27.8 Å². The number of aromatic nitrogens is 2. The fourth-order valence-electron chi connectivity index (χ4n) is 1.94. The number of para-hydroxylation sites is 1. The zero-order valence-corrected chi connectivity index (χ0v) is 12.7. The number of alkyl halides is 5. The Morgan fingerprint density at radius 3 is 2.50 bits per heavy atom. The van der Waals surface area contributed by atoms with Crippen LogP contribution in [0.5, 0.6) is 5.75 Å². The molecule has 24 heavy (non-hydrogen) atoms. The van der Waals surface area contributed by atoms with Gasteiger partial charge in [-0.25, -0.2) is 9.97 Å². The van der Waals surface area contributed by atoms with Crippen molar-refractivity contribution in [2.24, 2.45) is 0 Å². The van der Waals surface area contributed by atoms with Crippen LogP contribution < -0.4 is 10.1 Å². The number of hydrogen-bond donors (Lipinski definition) is 1. The van der Waals surface area contributed by atoms with Crippen LogP contribution in [-0.4, -0.2) is 28.8 Å². The van der Waals surface area contributed by atoms with Gasteiger partial charge in [-0.2, -0.15) is 22.0 Å². The normalized spacial score (nSPS) is 13.0. The summed E-state index contributed by atoms with van der Waals surface area (Å²) in [5.74, 6) is -0.450. The van der Waals surface area contributed by atoms with E-state index in [4.69, 9.17) is 11.6 Å². The van der Waals surface area contributed by atoms with Gasteiger partial charge >= 0.3 is 12.8 Å². The molecule has 0 radical (unpaired) electrons. The Labute approximate surface area is 138 Å². The van der Waals surface area contributed by atoms with Crippen LogP contribution in [0.3, 0.4) is 0 Å². The Balaban J connectivity index is 2.24. The van der Waals surface area contributed by atoms with Gasteiger partial charge in [0.2, 0.25) is 0 Å². The zero-order chi connectivity index (χ0) is 17.7. The highest BCUT2D eigenvalue weighted by atomic mass is 35.5. The maximum Gasteiger partial charge on any atom is 0.408 e. The largest absolute Gasteiger partial charge is 0.435 e. The minimum atomic E-state index is -4.66. The van der Waals surface area contributed by atoms with Gasteiger partial charge in [0.25, 0.3) is 0 Å². The molecule has 2 aromatic rings. The number of ether oxygens (including phenoxy) is 1. The zero-order valence-electron chi connectivity index (χ0n) is 11.9. The molecule has 0 saturated carbocycles. The van der Waals surface area contributed by atoms with Crippen LogP contribution in [0.2, 0.25) is 5.15 Å². The standard InChI is InChI=1S/C14H11ClF5N3O/c15-11-6-12(22-7-21-11)23-10(14(18,19)20)5-8-3-1-2-4-9(8)24-13(16)17/h1-4,6-7,10,13H,5H2,(H,21,22,23). The number of hydrogen-bond acceptors (Lipinski definition) is 4. The van der Waals surface area contributed by atoms with Crippen molar-refractivity contribution in [1.82, 2.24) is 9.97 Å². The molecule has 10 heteroatoms. The molecule has 2 rings (SSSR count). The molecule has 1 aromatic heterocycles. The van der Waals surface area contributed by atoms with Crippen molar-refractivity contribution in [3.05, 3.63) is 47.4 Å². The first kappa shape index (κ1) is 18.2. The Morgan fingerprint density at radius 2 is 1.88 bits per heavy atom. The van der Waals surface area contributed by atoms with Crippen LogP contribution in [0.1, 0.15) is 5.56 Å². The van der Waals surface area contributed by atoms with Crippen LogP contribution in [0.25, 0.3) is 0 Å². The smallest absolute Gasteiger partial charge is 0.408 e. The molecule has 0 spiro atoms. The molecule has 1 heterocycles. The third-order valence-corrected chi connectivity index (χ3v) is 3.17. The number of halogens is 6. The van der Waals surface area contributed by atoms with E-state index >= 15 is 0 Å². The maximum atomic E-state index is 13.3. The van der Waals surface area contributed by atoms with Crippen molar-refractivity contribution in [3.8, 4) is 5.75 Å². The van der Waals surface area contributed by atoms with Crippen molar-refractivity contribution < 1.29 is 26.7 Å². The first-order chi connectivity index (χ1) is 11.3. The van der Waals surface area contributed by atoms with E-state index in [2.05, 4.69) is 20.0 Å². The maximum absolute atomic E-state index is 13.3. The van der Waals surface area contributed by atoms with Gasteiger partial charge in [0.1, 0.15) is 29.1 Å². The molecule has 0 aliphatic heterocycles. The number of nitrogens with one attached hydrogen (secondary N) is 1. The summed E-state index contributed by atoms with van der Waals surface area (Å²) < 4.78 is 68.8. The Kier molecular flexibility index (Phi) is 5.76. The lowest BCUT2D eigenvalue weighted by atomic mass is 10.0. The molecular formula is C14H11ClF5N3O. The summed E-state index contributed by atoms with van der Waals surface area (Å²) in [6, 6.07) is 4.33. The van der Waals surface area contributed by atoms with Crippen molar-refractivity contribution >= 4 is 17.4 Å². The Hall–Kier alpha value is -2.16. The highest BCUT2D eigenvalue weighted by molar-refractivity contribution is 6.29. The van der Waals surface area contributed by atoms with Gasteiger partial charge in [-0.1, -0.05) is 29.8 Å². The van der Waals surface area contributed by atoms with E-state index in [0.29, 0.717) is 0 Å². The molecule has 0 bridgehead atoms. The summed E-state index contributed by atoms with van der Waals surface area (Å²) in [5, 5.41) is 2.15. The number of rotatable bonds is 6. The van der Waals surface area contributed by atoms with E-state index in [9.17, 15) is 22.0 Å². The molecule has 4 nitrogen and oxygen atoms in total. The molecule has 130 valence electrons. The summed E-state index contributed by atoms with van der Waals surface area (Å²) >= 11 is 5.61. The van der Waals surface area contributed by atoms with Crippen LogP contribution >= 0.6 is 11.6 Å². The number of anilines is 1. The quantitative estimate of drug-likeness (QED) is 0.610. The second-order valence-electron chi connectivity index (χ2n) is 4.65. The van der Waals surface area contributed by atoms with Crippen LogP contribution in [0.15, 0.2) is 36.7 Å². The van der Waals surface area contributed by atoms with E-state index < -0.39 is 25.3 Å². The van der Waals surface area contributed by atoms with Gasteiger partial charge in [-0.3, -0.25) is 0 Å². The topological polar surface area (TPSA) is 47.0 Å². The highest BCUT2D eigenvalue weighted by Crippen LogP contribution is 2.30. The monoisotopic (exact) mass is 367 g/mol. The Morgan fingerprint density at radius 1 is 1.17 bits per heavy atom. The van der Waals surface area contributed by atoms with Crippen molar-refractivity contribution in [3.63, 3.8) is 0 Å². The molecule has 1 atom stereocenters. The summed E-state index contributed by atoms with van der Waals surface area (Å²) in [7, 11) is 0. The third-order valence-electron chi connectivity index (χ3n) is 2.96. The lowest BCUT2D eigenvalue weighted by molar-refractivity contribution is -0.142. The van der Waals surface area contributed by atoms with E-state index in [-0.39, 0.29) is 22.3 Å². The van der Waals surface area contributed by atoms with Crippen LogP contribution in [-0.2, 0) is 6.42 Å². The third kappa shape index (κ3) is 5.19. The minimum Gasteiger partial charge on any atom is -0.435 e. The lowest BCUT2D eigenvalue weighted by Gasteiger charge is -2.23. The Bertz CT molecular complexity index is 683. The SMILES string of the molecule is FC(F)Oc1ccccc1CC(Nc1cc(Cl)ncn1)C(F)(F)F. The fraction of sp³-hybridized carbons (Fsp3) is 0.286. The first-order valence-corrected chi connectivity index (χ1v) is 6.97. The predicted octanol–water partition coefficient (Wildman–Crippen LogP) is 4.32. The van der Waals surface area contributed by atoms with Gasteiger partial charge in [0.05, 0.1) is 0 Å². The van der Waals surface area contributed by atoms with E-state index in [1.54, 1.807) is 0 Å². The number of benzene rings is 1. The summed E-state index contributed by atoms with van der Waals surface area (Å²) in [5.41, 5.74) is -0.0206. The molecule has 0 amide bonds. The highest BCUT2D eigenvalue weighted by Gasteiger charge is 2.40. The summed E-state index contributed by atoms with van der Waals surface area (Å²) in [6.07, 6.45) is -4.28. The fourth-order valence-corrected chi connectivity index (χ4v) is 2.09. The van der Waals surface area contributed by atoms with E-state index in [0.717, 1.165) is 12.4 Å². The van der Waals surface area contributed by atoms with Crippen molar-refractivity contribution in [2.75, 3.05) is 5.32 Å². The van der Waals surface area contributed by atoms with E-state index in [1.807, 2.05) is 0 Å². The molecule has 0 aliphatic carbocycles. The first-order valence-electron chi connectivity index (χ1n) is 6.59. The molecule has 0 saturated heterocycles. The van der Waals surface area contributed by atoms with Gasteiger partial charge in [-0.05, 0) is 11.6 Å².